The summed E-state index contributed by atoms with van der Waals surface area (Å²) in [5, 5.41) is 8.83. The lowest BCUT2D eigenvalue weighted by Gasteiger charge is -2.12. The Morgan fingerprint density at radius 3 is 2.77 bits per heavy atom. The van der Waals surface area contributed by atoms with Crippen LogP contribution < -0.4 is 4.74 Å². The molecule has 0 bridgehead atoms. The van der Waals surface area contributed by atoms with Gasteiger partial charge in [0, 0.05) is 18.9 Å². The van der Waals surface area contributed by atoms with Crippen molar-refractivity contribution in [2.24, 2.45) is 0 Å². The number of rotatable bonds is 3. The minimum absolute atomic E-state index is 0.502. The fourth-order valence-electron chi connectivity index (χ4n) is 1.12. The highest BCUT2D eigenvalue weighted by Gasteiger charge is 2.53. The second-order valence-electron chi connectivity index (χ2n) is 3.13. The first kappa shape index (κ1) is 8.10. The number of carboxylic acids is 1. The van der Waals surface area contributed by atoms with E-state index in [1.165, 1.54) is 0 Å². The highest BCUT2D eigenvalue weighted by molar-refractivity contribution is 5.81. The summed E-state index contributed by atoms with van der Waals surface area (Å²) in [7, 11) is 0. The van der Waals surface area contributed by atoms with Gasteiger partial charge in [-0.05, 0) is 6.07 Å². The number of ether oxygens (including phenoxy) is 1. The molecule has 13 heavy (non-hydrogen) atoms. The third-order valence-corrected chi connectivity index (χ3v) is 2.08. The Morgan fingerprint density at radius 1 is 1.54 bits per heavy atom. The Labute approximate surface area is 76.0 Å². The lowest BCUT2D eigenvalue weighted by Crippen LogP contribution is -2.28. The van der Waals surface area contributed by atoms with Gasteiger partial charge in [0.2, 0.25) is 5.60 Å². The zero-order valence-corrected chi connectivity index (χ0v) is 6.99. The summed E-state index contributed by atoms with van der Waals surface area (Å²) in [6.45, 7) is 0. The number of benzene rings is 1. The zero-order chi connectivity index (χ0) is 9.31. The van der Waals surface area contributed by atoms with E-state index in [1.54, 1.807) is 18.2 Å². The van der Waals surface area contributed by atoms with Crippen LogP contribution in [0.1, 0.15) is 12.8 Å². The predicted molar refractivity (Wildman–Crippen MR) is 45.5 cm³/mol. The smallest absolute Gasteiger partial charge is 0.348 e. The Hall–Kier alpha value is -1.51. The molecule has 1 aliphatic carbocycles. The standard InChI is InChI=1S/C10H9O3/c11-9(12)10(6-7-10)13-8-4-2-1-3-5-8/h1-4H,6-7H2,(H,11,12). The molecule has 1 aromatic rings. The van der Waals surface area contributed by atoms with Crippen LogP contribution in [-0.2, 0) is 4.79 Å². The molecule has 67 valence electrons. The topological polar surface area (TPSA) is 46.5 Å². The third kappa shape index (κ3) is 1.49. The van der Waals surface area contributed by atoms with Crippen molar-refractivity contribution < 1.29 is 14.6 Å². The number of carboxylic acid groups (broad SMARTS) is 1. The Morgan fingerprint density at radius 2 is 2.31 bits per heavy atom. The zero-order valence-electron chi connectivity index (χ0n) is 6.99. The molecule has 3 heteroatoms. The van der Waals surface area contributed by atoms with Gasteiger partial charge in [-0.3, -0.25) is 0 Å². The molecular formula is C10H9O3. The van der Waals surface area contributed by atoms with Crippen molar-refractivity contribution in [3.05, 3.63) is 30.3 Å². The molecule has 0 unspecified atom stereocenters. The van der Waals surface area contributed by atoms with Gasteiger partial charge < -0.3 is 9.84 Å². The van der Waals surface area contributed by atoms with Crippen molar-refractivity contribution in [1.29, 1.82) is 0 Å². The largest absolute Gasteiger partial charge is 0.478 e. The van der Waals surface area contributed by atoms with Gasteiger partial charge in [-0.25, -0.2) is 4.79 Å². The monoisotopic (exact) mass is 177 g/mol. The number of para-hydroxylation sites is 1. The van der Waals surface area contributed by atoms with Gasteiger partial charge in [-0.1, -0.05) is 18.2 Å². The molecule has 0 spiro atoms. The van der Waals surface area contributed by atoms with E-state index < -0.39 is 11.6 Å². The van der Waals surface area contributed by atoms with Crippen molar-refractivity contribution >= 4 is 5.97 Å². The van der Waals surface area contributed by atoms with Crippen LogP contribution in [-0.4, -0.2) is 16.7 Å². The summed E-state index contributed by atoms with van der Waals surface area (Å²) in [6, 6.07) is 9.85. The second kappa shape index (κ2) is 2.76. The number of hydrogen-bond donors (Lipinski definition) is 1. The lowest BCUT2D eigenvalue weighted by atomic mass is 10.3. The molecule has 0 saturated heterocycles. The molecule has 1 radical (unpaired) electrons. The van der Waals surface area contributed by atoms with Gasteiger partial charge >= 0.3 is 5.97 Å². The summed E-state index contributed by atoms with van der Waals surface area (Å²) < 4.78 is 5.32. The summed E-state index contributed by atoms with van der Waals surface area (Å²) in [5.74, 6) is -0.382. The van der Waals surface area contributed by atoms with Crippen molar-refractivity contribution in [3.8, 4) is 5.75 Å². The van der Waals surface area contributed by atoms with Gasteiger partial charge in [-0.15, -0.1) is 0 Å². The number of carbonyl (C=O) groups is 1. The molecule has 1 aromatic carbocycles. The first-order valence-corrected chi connectivity index (χ1v) is 4.12. The molecular weight excluding hydrogens is 168 g/mol. The van der Waals surface area contributed by atoms with Gasteiger partial charge in [-0.2, -0.15) is 0 Å². The minimum Gasteiger partial charge on any atom is -0.478 e. The third-order valence-electron chi connectivity index (χ3n) is 2.08. The maximum Gasteiger partial charge on any atom is 0.348 e. The molecule has 1 aliphatic rings. The molecule has 1 N–H and O–H groups in total. The van der Waals surface area contributed by atoms with E-state index in [4.69, 9.17) is 9.84 Å². The molecule has 2 rings (SSSR count). The number of aliphatic carboxylic acids is 1. The second-order valence-corrected chi connectivity index (χ2v) is 3.13. The Balaban J connectivity index is 2.11. The maximum atomic E-state index is 10.7. The summed E-state index contributed by atoms with van der Waals surface area (Å²) in [5.41, 5.74) is -0.960. The van der Waals surface area contributed by atoms with Gasteiger partial charge in [0.05, 0.1) is 0 Å². The first-order chi connectivity index (χ1) is 6.23. The van der Waals surface area contributed by atoms with E-state index in [1.807, 2.05) is 6.07 Å². The summed E-state index contributed by atoms with van der Waals surface area (Å²) in [6.07, 6.45) is 1.18. The van der Waals surface area contributed by atoms with Crippen LogP contribution in [0.3, 0.4) is 0 Å². The van der Waals surface area contributed by atoms with Crippen LogP contribution in [0, 0.1) is 6.07 Å². The summed E-state index contributed by atoms with van der Waals surface area (Å²) >= 11 is 0. The maximum absolute atomic E-state index is 10.7. The van der Waals surface area contributed by atoms with Crippen molar-refractivity contribution in [2.75, 3.05) is 0 Å². The SMILES string of the molecule is O=C(O)C1(Oc2[c]cccc2)CC1. The van der Waals surface area contributed by atoms with E-state index >= 15 is 0 Å². The molecule has 0 aromatic heterocycles. The van der Waals surface area contributed by atoms with Crippen LogP contribution in [0.25, 0.3) is 0 Å². The molecule has 0 atom stereocenters. The molecule has 0 amide bonds. The van der Waals surface area contributed by atoms with Gasteiger partial charge in [0.1, 0.15) is 5.75 Å². The quantitative estimate of drug-likeness (QED) is 0.760. The highest BCUT2D eigenvalue weighted by atomic mass is 16.5. The molecule has 3 nitrogen and oxygen atoms in total. The normalized spacial score (nSPS) is 17.8. The van der Waals surface area contributed by atoms with E-state index in [2.05, 4.69) is 6.07 Å². The molecule has 0 heterocycles. The van der Waals surface area contributed by atoms with Crippen LogP contribution in [0.4, 0.5) is 0 Å². The van der Waals surface area contributed by atoms with Gasteiger partial charge in [0.15, 0.2) is 0 Å². The van der Waals surface area contributed by atoms with Crippen molar-refractivity contribution in [3.63, 3.8) is 0 Å². The van der Waals surface area contributed by atoms with E-state index in [0.29, 0.717) is 18.6 Å². The lowest BCUT2D eigenvalue weighted by molar-refractivity contribution is -0.147. The van der Waals surface area contributed by atoms with Crippen molar-refractivity contribution in [1.82, 2.24) is 0 Å². The molecule has 1 saturated carbocycles. The van der Waals surface area contributed by atoms with E-state index in [0.717, 1.165) is 0 Å². The fourth-order valence-corrected chi connectivity index (χ4v) is 1.12. The Kier molecular flexibility index (Phi) is 1.72. The van der Waals surface area contributed by atoms with Crippen molar-refractivity contribution in [2.45, 2.75) is 18.4 Å². The van der Waals surface area contributed by atoms with Crippen LogP contribution in [0.15, 0.2) is 24.3 Å². The highest BCUT2D eigenvalue weighted by Crippen LogP contribution is 2.40. The van der Waals surface area contributed by atoms with Crippen LogP contribution >= 0.6 is 0 Å². The first-order valence-electron chi connectivity index (χ1n) is 4.12. The number of hydrogen-bond acceptors (Lipinski definition) is 2. The van der Waals surface area contributed by atoms with E-state index in [9.17, 15) is 4.79 Å². The molecule has 0 aliphatic heterocycles. The minimum atomic E-state index is -0.960. The van der Waals surface area contributed by atoms with Gasteiger partial charge in [0.25, 0.3) is 0 Å². The Bertz CT molecular complexity index is 314. The average Bonchev–Trinajstić information content (AvgIpc) is 2.87. The van der Waals surface area contributed by atoms with Crippen LogP contribution in [0.5, 0.6) is 5.75 Å². The fraction of sp³-hybridized carbons (Fsp3) is 0.300. The predicted octanol–water partition coefficient (Wildman–Crippen LogP) is 1.48. The summed E-state index contributed by atoms with van der Waals surface area (Å²) in [4.78, 5) is 10.7. The average molecular weight is 177 g/mol. The van der Waals surface area contributed by atoms with Crippen LogP contribution in [0.2, 0.25) is 0 Å². The van der Waals surface area contributed by atoms with E-state index in [-0.39, 0.29) is 0 Å². The molecule has 1 fully saturated rings.